The van der Waals surface area contributed by atoms with E-state index in [0.29, 0.717) is 12.5 Å². The number of hydrogen-bond acceptors (Lipinski definition) is 3. The molecule has 0 saturated heterocycles. The van der Waals surface area contributed by atoms with Crippen molar-refractivity contribution in [3.05, 3.63) is 35.9 Å². The van der Waals surface area contributed by atoms with Gasteiger partial charge in [0.05, 0.1) is 6.54 Å². The summed E-state index contributed by atoms with van der Waals surface area (Å²) in [4.78, 5) is 4.44. The molecule has 0 heterocycles. The number of hydrogen-bond donors (Lipinski definition) is 3. The molecule has 0 spiro atoms. The van der Waals surface area contributed by atoms with Gasteiger partial charge in [-0.2, -0.15) is 0 Å². The fraction of sp³-hybridized carbons (Fsp3) is 0.611. The highest BCUT2D eigenvalue weighted by atomic mass is 16.5. The molecule has 5 heteroatoms. The highest BCUT2D eigenvalue weighted by molar-refractivity contribution is 5.77. The predicted molar refractivity (Wildman–Crippen MR) is 97.7 cm³/mol. The number of nitrogens with zero attached hydrogens (tertiary/aromatic N) is 1. The molecule has 1 unspecified atom stereocenters. The maximum atomic E-state index is 5.91. The Hall–Kier alpha value is -1.59. The third-order valence-electron chi connectivity index (χ3n) is 3.53. The predicted octanol–water partition coefficient (Wildman–Crippen LogP) is 2.45. The lowest BCUT2D eigenvalue weighted by Gasteiger charge is -2.29. The van der Waals surface area contributed by atoms with Crippen molar-refractivity contribution < 1.29 is 4.74 Å². The minimum absolute atomic E-state index is 0.132. The van der Waals surface area contributed by atoms with Crippen LogP contribution in [0.3, 0.4) is 0 Å². The van der Waals surface area contributed by atoms with Crippen LogP contribution in [0.1, 0.15) is 45.7 Å². The lowest BCUT2D eigenvalue weighted by molar-refractivity contribution is 0.145. The first-order valence-electron chi connectivity index (χ1n) is 8.39. The molecule has 4 N–H and O–H groups in total. The standard InChI is InChI=1S/C18H32N4O/c1-5-23-13-9-12-20-17(19)21-14-18(3,4)22-15(2)16-10-7-6-8-11-16/h6-8,10-11,15,22H,5,9,12-14H2,1-4H3,(H3,19,20,21). The van der Waals surface area contributed by atoms with Crippen molar-refractivity contribution in [2.45, 2.75) is 45.7 Å². The van der Waals surface area contributed by atoms with Gasteiger partial charge >= 0.3 is 0 Å². The van der Waals surface area contributed by atoms with Crippen molar-refractivity contribution in [2.75, 3.05) is 26.3 Å². The average molecular weight is 320 g/mol. The van der Waals surface area contributed by atoms with Gasteiger partial charge < -0.3 is 21.1 Å². The number of ether oxygens (including phenoxy) is 1. The van der Waals surface area contributed by atoms with Gasteiger partial charge in [-0.05, 0) is 39.7 Å². The van der Waals surface area contributed by atoms with E-state index in [1.165, 1.54) is 5.56 Å². The molecule has 1 rings (SSSR count). The largest absolute Gasteiger partial charge is 0.382 e. The molecular formula is C18H32N4O. The zero-order valence-corrected chi connectivity index (χ0v) is 14.9. The van der Waals surface area contributed by atoms with Crippen LogP contribution in [0.2, 0.25) is 0 Å². The Morgan fingerprint density at radius 2 is 2.00 bits per heavy atom. The van der Waals surface area contributed by atoms with E-state index in [0.717, 1.165) is 26.2 Å². The summed E-state index contributed by atoms with van der Waals surface area (Å²) in [6.45, 7) is 11.3. The average Bonchev–Trinajstić information content (AvgIpc) is 2.53. The van der Waals surface area contributed by atoms with E-state index in [1.807, 2.05) is 13.0 Å². The first-order chi connectivity index (χ1) is 10.9. The molecule has 0 saturated carbocycles. The minimum Gasteiger partial charge on any atom is -0.382 e. The molecule has 130 valence electrons. The molecule has 0 aliphatic carbocycles. The maximum Gasteiger partial charge on any atom is 0.188 e. The van der Waals surface area contributed by atoms with Crippen molar-refractivity contribution in [3.8, 4) is 0 Å². The molecule has 0 radical (unpaired) electrons. The van der Waals surface area contributed by atoms with Crippen LogP contribution in [-0.4, -0.2) is 37.8 Å². The molecule has 0 fully saturated rings. The van der Waals surface area contributed by atoms with Crippen molar-refractivity contribution in [1.82, 2.24) is 10.6 Å². The Balaban J connectivity index is 2.37. The molecule has 1 aromatic rings. The fourth-order valence-electron chi connectivity index (χ4n) is 2.33. The summed E-state index contributed by atoms with van der Waals surface area (Å²) >= 11 is 0. The number of nitrogens with one attached hydrogen (secondary N) is 2. The molecule has 0 aliphatic rings. The smallest absolute Gasteiger partial charge is 0.188 e. The molecule has 1 atom stereocenters. The second-order valence-electron chi connectivity index (χ2n) is 6.34. The molecule has 5 nitrogen and oxygen atoms in total. The second-order valence-corrected chi connectivity index (χ2v) is 6.34. The van der Waals surface area contributed by atoms with Crippen LogP contribution >= 0.6 is 0 Å². The number of nitrogens with two attached hydrogens (primary N) is 1. The summed E-state index contributed by atoms with van der Waals surface area (Å²) in [6.07, 6.45) is 0.927. The molecule has 23 heavy (non-hydrogen) atoms. The molecule has 0 aromatic heterocycles. The van der Waals surface area contributed by atoms with E-state index in [4.69, 9.17) is 10.5 Å². The van der Waals surface area contributed by atoms with Crippen LogP contribution < -0.4 is 16.4 Å². The Morgan fingerprint density at radius 3 is 2.65 bits per heavy atom. The van der Waals surface area contributed by atoms with E-state index in [9.17, 15) is 0 Å². The maximum absolute atomic E-state index is 5.91. The monoisotopic (exact) mass is 320 g/mol. The lowest BCUT2D eigenvalue weighted by Crippen LogP contribution is -2.44. The van der Waals surface area contributed by atoms with E-state index in [1.54, 1.807) is 0 Å². The summed E-state index contributed by atoms with van der Waals surface area (Å²) in [5.41, 5.74) is 7.05. The Labute approximate surface area is 140 Å². The fourth-order valence-corrected chi connectivity index (χ4v) is 2.33. The van der Waals surface area contributed by atoms with Gasteiger partial charge in [-0.15, -0.1) is 0 Å². The third kappa shape index (κ3) is 8.57. The molecule has 0 amide bonds. The zero-order chi connectivity index (χ0) is 17.1. The topological polar surface area (TPSA) is 71.7 Å². The Bertz CT molecular complexity index is 459. The van der Waals surface area contributed by atoms with Crippen molar-refractivity contribution in [3.63, 3.8) is 0 Å². The van der Waals surface area contributed by atoms with Gasteiger partial charge in [0.15, 0.2) is 5.96 Å². The van der Waals surface area contributed by atoms with Crippen LogP contribution in [0.25, 0.3) is 0 Å². The van der Waals surface area contributed by atoms with Gasteiger partial charge in [-0.25, -0.2) is 0 Å². The quantitative estimate of drug-likeness (QED) is 0.352. The lowest BCUT2D eigenvalue weighted by atomic mass is 10.0. The Morgan fingerprint density at radius 1 is 1.30 bits per heavy atom. The molecule has 0 aliphatic heterocycles. The molecule has 1 aromatic carbocycles. The number of aliphatic imine (C=N–C) groups is 1. The summed E-state index contributed by atoms with van der Waals surface area (Å²) in [7, 11) is 0. The van der Waals surface area contributed by atoms with Crippen LogP contribution in [-0.2, 0) is 4.74 Å². The molecular weight excluding hydrogens is 288 g/mol. The highest BCUT2D eigenvalue weighted by Gasteiger charge is 2.20. The minimum atomic E-state index is -0.132. The van der Waals surface area contributed by atoms with Gasteiger partial charge in [0.2, 0.25) is 0 Å². The van der Waals surface area contributed by atoms with Crippen molar-refractivity contribution in [1.29, 1.82) is 0 Å². The van der Waals surface area contributed by atoms with Crippen LogP contribution in [0.15, 0.2) is 35.3 Å². The van der Waals surface area contributed by atoms with E-state index in [-0.39, 0.29) is 11.6 Å². The third-order valence-corrected chi connectivity index (χ3v) is 3.53. The molecule has 0 bridgehead atoms. The zero-order valence-electron chi connectivity index (χ0n) is 14.9. The number of benzene rings is 1. The van der Waals surface area contributed by atoms with Crippen molar-refractivity contribution >= 4 is 5.96 Å². The Kier molecular flexibility index (Phi) is 8.66. The summed E-state index contributed by atoms with van der Waals surface area (Å²) in [5, 5.41) is 6.72. The van der Waals surface area contributed by atoms with Crippen LogP contribution in [0.5, 0.6) is 0 Å². The highest BCUT2D eigenvalue weighted by Crippen LogP contribution is 2.16. The van der Waals surface area contributed by atoms with Crippen LogP contribution in [0.4, 0.5) is 0 Å². The summed E-state index contributed by atoms with van der Waals surface area (Å²) in [5.74, 6) is 0.490. The van der Waals surface area contributed by atoms with E-state index >= 15 is 0 Å². The van der Waals surface area contributed by atoms with Gasteiger partial charge in [0, 0.05) is 31.3 Å². The second kappa shape index (κ2) is 10.2. The van der Waals surface area contributed by atoms with Gasteiger partial charge in [-0.1, -0.05) is 30.3 Å². The van der Waals surface area contributed by atoms with Crippen molar-refractivity contribution in [2.24, 2.45) is 10.7 Å². The van der Waals surface area contributed by atoms with Crippen LogP contribution in [0, 0.1) is 0 Å². The van der Waals surface area contributed by atoms with E-state index in [2.05, 4.69) is 60.7 Å². The van der Waals surface area contributed by atoms with Gasteiger partial charge in [0.25, 0.3) is 0 Å². The van der Waals surface area contributed by atoms with Gasteiger partial charge in [0.1, 0.15) is 0 Å². The first-order valence-corrected chi connectivity index (χ1v) is 8.39. The summed E-state index contributed by atoms with van der Waals surface area (Å²) in [6, 6.07) is 10.7. The first kappa shape index (κ1) is 19.5. The number of guanidine groups is 1. The summed E-state index contributed by atoms with van der Waals surface area (Å²) < 4.78 is 5.28. The normalized spacial score (nSPS) is 13.8. The number of rotatable bonds is 10. The SMILES string of the molecule is CCOCCCNC(N)=NCC(C)(C)NC(C)c1ccccc1. The van der Waals surface area contributed by atoms with E-state index < -0.39 is 0 Å². The van der Waals surface area contributed by atoms with Gasteiger partial charge in [-0.3, -0.25) is 4.99 Å².